The Labute approximate surface area is 80.4 Å². The summed E-state index contributed by atoms with van der Waals surface area (Å²) in [7, 11) is -3.02. The zero-order chi connectivity index (χ0) is 7.61. The average molecular weight is 351 g/mol. The Morgan fingerprint density at radius 1 is 1.27 bits per heavy atom. The molecule has 0 aliphatic carbocycles. The Kier molecular flexibility index (Phi) is 4.24. The third kappa shape index (κ3) is 3.33. The SMILES string of the molecule is CP(=O)(O)c1ccccc1.[Pt]. The second-order valence-electron chi connectivity index (χ2n) is 2.21. The van der Waals surface area contributed by atoms with Crippen molar-refractivity contribution in [2.45, 2.75) is 0 Å². The standard InChI is InChI=1S/C7H9O2P.Pt/c1-10(8,9)7-5-3-2-4-6-7;/h2-6H,1H3,(H,8,9);. The van der Waals surface area contributed by atoms with E-state index in [9.17, 15) is 4.57 Å². The van der Waals surface area contributed by atoms with Gasteiger partial charge in [-0.25, -0.2) is 0 Å². The van der Waals surface area contributed by atoms with Crippen LogP contribution < -0.4 is 5.30 Å². The molecule has 1 unspecified atom stereocenters. The van der Waals surface area contributed by atoms with Gasteiger partial charge >= 0.3 is 0 Å². The van der Waals surface area contributed by atoms with Crippen molar-refractivity contribution < 1.29 is 30.5 Å². The summed E-state index contributed by atoms with van der Waals surface area (Å²) in [6, 6.07) is 8.63. The van der Waals surface area contributed by atoms with Gasteiger partial charge in [-0.3, -0.25) is 4.57 Å². The van der Waals surface area contributed by atoms with Gasteiger partial charge in [0, 0.05) is 33.0 Å². The van der Waals surface area contributed by atoms with Crippen molar-refractivity contribution in [1.29, 1.82) is 0 Å². The monoisotopic (exact) mass is 351 g/mol. The van der Waals surface area contributed by atoms with Gasteiger partial charge in [-0.1, -0.05) is 18.2 Å². The second kappa shape index (κ2) is 4.21. The minimum Gasteiger partial charge on any atom is -0.341 e. The van der Waals surface area contributed by atoms with Gasteiger partial charge in [0.05, 0.1) is 0 Å². The minimum atomic E-state index is -3.02. The molecular formula is C7H9O2PPt. The first kappa shape index (κ1) is 11.1. The van der Waals surface area contributed by atoms with Crippen LogP contribution in [0.4, 0.5) is 0 Å². The zero-order valence-electron chi connectivity index (χ0n) is 6.01. The molecule has 2 nitrogen and oxygen atoms in total. The molecule has 1 atom stereocenters. The molecule has 0 aromatic heterocycles. The van der Waals surface area contributed by atoms with Crippen LogP contribution in [-0.2, 0) is 25.6 Å². The molecule has 0 spiro atoms. The van der Waals surface area contributed by atoms with Crippen molar-refractivity contribution in [2.75, 3.05) is 6.66 Å². The predicted octanol–water partition coefficient (Wildman–Crippen LogP) is 1.21. The summed E-state index contributed by atoms with van der Waals surface area (Å²) >= 11 is 0. The van der Waals surface area contributed by atoms with E-state index < -0.39 is 7.37 Å². The van der Waals surface area contributed by atoms with Crippen molar-refractivity contribution in [3.8, 4) is 0 Å². The number of benzene rings is 1. The maximum Gasteiger partial charge on any atom is 0.226 e. The molecule has 0 saturated carbocycles. The first-order chi connectivity index (χ1) is 4.61. The number of hydrogen-bond donors (Lipinski definition) is 1. The molecule has 4 heteroatoms. The summed E-state index contributed by atoms with van der Waals surface area (Å²) in [4.78, 5) is 9.04. The average Bonchev–Trinajstić information content (AvgIpc) is 1.88. The molecule has 0 radical (unpaired) electrons. The smallest absolute Gasteiger partial charge is 0.226 e. The maximum absolute atomic E-state index is 11.0. The van der Waals surface area contributed by atoms with Gasteiger partial charge in [-0.2, -0.15) is 0 Å². The summed E-state index contributed by atoms with van der Waals surface area (Å²) in [5.74, 6) is 0. The van der Waals surface area contributed by atoms with Gasteiger partial charge in [0.1, 0.15) is 0 Å². The molecule has 1 rings (SSSR count). The van der Waals surface area contributed by atoms with Crippen LogP contribution in [0.1, 0.15) is 0 Å². The molecule has 1 aromatic rings. The molecule has 1 N–H and O–H groups in total. The van der Waals surface area contributed by atoms with Crippen molar-refractivity contribution in [2.24, 2.45) is 0 Å². The van der Waals surface area contributed by atoms with Gasteiger partial charge < -0.3 is 4.89 Å². The number of rotatable bonds is 1. The molecule has 64 valence electrons. The molecular weight excluding hydrogens is 342 g/mol. The van der Waals surface area contributed by atoms with E-state index in [4.69, 9.17) is 4.89 Å². The summed E-state index contributed by atoms with van der Waals surface area (Å²) in [5.41, 5.74) is 0. The molecule has 0 aliphatic heterocycles. The van der Waals surface area contributed by atoms with E-state index in [0.717, 1.165) is 0 Å². The molecule has 0 bridgehead atoms. The van der Waals surface area contributed by atoms with Crippen molar-refractivity contribution in [3.05, 3.63) is 30.3 Å². The first-order valence-corrected chi connectivity index (χ1v) is 5.07. The van der Waals surface area contributed by atoms with Crippen LogP contribution in [0.3, 0.4) is 0 Å². The van der Waals surface area contributed by atoms with Crippen LogP contribution in [-0.4, -0.2) is 11.6 Å². The summed E-state index contributed by atoms with van der Waals surface area (Å²) in [5, 5.41) is 0.509. The molecule has 0 amide bonds. The van der Waals surface area contributed by atoms with E-state index in [-0.39, 0.29) is 21.1 Å². The van der Waals surface area contributed by atoms with Gasteiger partial charge in [0.25, 0.3) is 0 Å². The first-order valence-electron chi connectivity index (χ1n) is 2.96. The van der Waals surface area contributed by atoms with Crippen LogP contribution in [0, 0.1) is 0 Å². The topological polar surface area (TPSA) is 37.3 Å². The molecule has 0 saturated heterocycles. The van der Waals surface area contributed by atoms with Gasteiger partial charge in [-0.15, -0.1) is 0 Å². The zero-order valence-corrected chi connectivity index (χ0v) is 9.17. The van der Waals surface area contributed by atoms with E-state index >= 15 is 0 Å². The molecule has 1 aromatic carbocycles. The van der Waals surface area contributed by atoms with Crippen LogP contribution >= 0.6 is 7.37 Å². The van der Waals surface area contributed by atoms with Crippen LogP contribution in [0.25, 0.3) is 0 Å². The normalized spacial score (nSPS) is 14.7. The molecule has 0 heterocycles. The van der Waals surface area contributed by atoms with Crippen molar-refractivity contribution >= 4 is 12.7 Å². The number of hydrogen-bond acceptors (Lipinski definition) is 1. The van der Waals surface area contributed by atoms with E-state index in [0.29, 0.717) is 5.30 Å². The predicted molar refractivity (Wildman–Crippen MR) is 41.8 cm³/mol. The Morgan fingerprint density at radius 3 is 2.00 bits per heavy atom. The largest absolute Gasteiger partial charge is 0.341 e. The van der Waals surface area contributed by atoms with Crippen LogP contribution in [0.5, 0.6) is 0 Å². The third-order valence-corrected chi connectivity index (χ3v) is 2.49. The molecule has 11 heavy (non-hydrogen) atoms. The Bertz CT molecular complexity index is 254. The Hall–Kier alpha value is 0.0983. The summed E-state index contributed by atoms with van der Waals surface area (Å²) in [6.45, 7) is 1.34. The van der Waals surface area contributed by atoms with E-state index in [1.807, 2.05) is 6.07 Å². The third-order valence-electron chi connectivity index (χ3n) is 1.24. The molecule has 0 fully saturated rings. The van der Waals surface area contributed by atoms with E-state index in [1.165, 1.54) is 6.66 Å². The fraction of sp³-hybridized carbons (Fsp3) is 0.143. The van der Waals surface area contributed by atoms with Crippen molar-refractivity contribution in [3.63, 3.8) is 0 Å². The fourth-order valence-corrected chi connectivity index (χ4v) is 1.43. The second-order valence-corrected chi connectivity index (χ2v) is 4.49. The quantitative estimate of drug-likeness (QED) is 0.773. The van der Waals surface area contributed by atoms with E-state index in [1.54, 1.807) is 24.3 Å². The Morgan fingerprint density at radius 2 is 1.73 bits per heavy atom. The van der Waals surface area contributed by atoms with E-state index in [2.05, 4.69) is 0 Å². The van der Waals surface area contributed by atoms with Crippen molar-refractivity contribution in [1.82, 2.24) is 0 Å². The minimum absolute atomic E-state index is 0. The van der Waals surface area contributed by atoms with Crippen LogP contribution in [0.2, 0.25) is 0 Å². The van der Waals surface area contributed by atoms with Gasteiger partial charge in [0.2, 0.25) is 7.37 Å². The van der Waals surface area contributed by atoms with Gasteiger partial charge in [0.15, 0.2) is 0 Å². The maximum atomic E-state index is 11.0. The summed E-state index contributed by atoms with van der Waals surface area (Å²) in [6.07, 6.45) is 0. The molecule has 0 aliphatic rings. The summed E-state index contributed by atoms with van der Waals surface area (Å²) < 4.78 is 11.0. The fourth-order valence-electron chi connectivity index (χ4n) is 0.705. The van der Waals surface area contributed by atoms with Crippen LogP contribution in [0.15, 0.2) is 30.3 Å². The Balaban J connectivity index is 0.000001000. The van der Waals surface area contributed by atoms with Gasteiger partial charge in [-0.05, 0) is 12.1 Å².